The van der Waals surface area contributed by atoms with Crippen molar-refractivity contribution in [2.24, 2.45) is 0 Å². The van der Waals surface area contributed by atoms with Gasteiger partial charge in [-0.15, -0.1) is 11.8 Å². The number of thioether (sulfide) groups is 1. The van der Waals surface area contributed by atoms with Gasteiger partial charge in [0.05, 0.1) is 9.82 Å². The summed E-state index contributed by atoms with van der Waals surface area (Å²) in [4.78, 5) is 21.5. The fraction of sp³-hybridized carbons (Fsp3) is 0.300. The summed E-state index contributed by atoms with van der Waals surface area (Å²) in [5.74, 6) is -0.306. The fourth-order valence-electron chi connectivity index (χ4n) is 1.21. The molecule has 80 valence electrons. The van der Waals surface area contributed by atoms with E-state index in [9.17, 15) is 14.9 Å². The van der Waals surface area contributed by atoms with E-state index in [0.717, 1.165) is 6.29 Å². The Balaban J connectivity index is 3.21. The van der Waals surface area contributed by atoms with Crippen LogP contribution in [0.15, 0.2) is 23.1 Å². The number of carbonyl (C=O) groups excluding carboxylic acids is 1. The van der Waals surface area contributed by atoms with Gasteiger partial charge in [0, 0.05) is 12.0 Å². The highest BCUT2D eigenvalue weighted by Gasteiger charge is 2.15. The Morgan fingerprint density at radius 1 is 1.53 bits per heavy atom. The van der Waals surface area contributed by atoms with Crippen LogP contribution in [0.2, 0.25) is 0 Å². The van der Waals surface area contributed by atoms with E-state index in [4.69, 9.17) is 0 Å². The molecule has 0 saturated carbocycles. The number of nitro groups is 1. The standard InChI is InChI=1S/C10H11NO3S/c1-7(6-12)8-3-4-10(15-2)9(5-8)11(13)14/h3-7H,1-2H3. The molecule has 0 aliphatic carbocycles. The van der Waals surface area contributed by atoms with Crippen LogP contribution in [0.25, 0.3) is 0 Å². The van der Waals surface area contributed by atoms with E-state index in [-0.39, 0.29) is 11.6 Å². The first-order valence-electron chi connectivity index (χ1n) is 4.37. The van der Waals surface area contributed by atoms with Crippen LogP contribution in [0.4, 0.5) is 5.69 Å². The molecule has 0 fully saturated rings. The fourth-order valence-corrected chi connectivity index (χ4v) is 1.76. The van der Waals surface area contributed by atoms with Crippen molar-refractivity contribution in [1.29, 1.82) is 0 Å². The minimum Gasteiger partial charge on any atom is -0.303 e. The molecule has 0 amide bonds. The van der Waals surface area contributed by atoms with Crippen LogP contribution >= 0.6 is 11.8 Å². The number of benzene rings is 1. The highest BCUT2D eigenvalue weighted by Crippen LogP contribution is 2.30. The molecule has 0 heterocycles. The molecule has 0 aliphatic rings. The smallest absolute Gasteiger partial charge is 0.283 e. The summed E-state index contributed by atoms with van der Waals surface area (Å²) >= 11 is 1.32. The minimum absolute atomic E-state index is 0.0636. The number of rotatable bonds is 4. The number of carbonyl (C=O) groups is 1. The molecule has 4 nitrogen and oxygen atoms in total. The van der Waals surface area contributed by atoms with Gasteiger partial charge in [0.15, 0.2) is 0 Å². The number of hydrogen-bond donors (Lipinski definition) is 0. The monoisotopic (exact) mass is 225 g/mol. The second-order valence-electron chi connectivity index (χ2n) is 3.11. The molecule has 1 aromatic rings. The Morgan fingerprint density at radius 3 is 2.67 bits per heavy atom. The van der Waals surface area contributed by atoms with Gasteiger partial charge in [0.25, 0.3) is 5.69 Å². The summed E-state index contributed by atoms with van der Waals surface area (Å²) in [6.45, 7) is 1.71. The van der Waals surface area contributed by atoms with Crippen LogP contribution in [-0.2, 0) is 4.79 Å². The van der Waals surface area contributed by atoms with E-state index in [2.05, 4.69) is 0 Å². The molecule has 15 heavy (non-hydrogen) atoms. The van der Waals surface area contributed by atoms with Gasteiger partial charge in [-0.2, -0.15) is 0 Å². The lowest BCUT2D eigenvalue weighted by atomic mass is 10.0. The Kier molecular flexibility index (Phi) is 3.85. The lowest BCUT2D eigenvalue weighted by Crippen LogP contribution is -1.97. The third-order valence-corrected chi connectivity index (χ3v) is 2.91. The van der Waals surface area contributed by atoms with Crippen LogP contribution in [0.5, 0.6) is 0 Å². The molecule has 0 aromatic heterocycles. The maximum absolute atomic E-state index is 10.7. The average Bonchev–Trinajstić information content (AvgIpc) is 2.27. The maximum Gasteiger partial charge on any atom is 0.283 e. The zero-order valence-corrected chi connectivity index (χ0v) is 9.28. The molecule has 0 aliphatic heterocycles. The van der Waals surface area contributed by atoms with Crippen LogP contribution in [0.1, 0.15) is 18.4 Å². The van der Waals surface area contributed by atoms with E-state index in [1.807, 2.05) is 0 Å². The predicted octanol–water partition coefficient (Wildman–Crippen LogP) is 2.62. The van der Waals surface area contributed by atoms with Gasteiger partial charge in [0.1, 0.15) is 6.29 Å². The van der Waals surface area contributed by atoms with Crippen molar-refractivity contribution < 1.29 is 9.72 Å². The molecular formula is C10H11NO3S. The van der Waals surface area contributed by atoms with Crippen molar-refractivity contribution in [2.45, 2.75) is 17.7 Å². The third-order valence-electron chi connectivity index (χ3n) is 2.13. The van der Waals surface area contributed by atoms with E-state index in [1.165, 1.54) is 17.8 Å². The van der Waals surface area contributed by atoms with Gasteiger partial charge in [-0.25, -0.2) is 0 Å². The van der Waals surface area contributed by atoms with E-state index in [1.54, 1.807) is 25.3 Å². The number of hydrogen-bond acceptors (Lipinski definition) is 4. The highest BCUT2D eigenvalue weighted by molar-refractivity contribution is 7.98. The lowest BCUT2D eigenvalue weighted by Gasteiger charge is -2.05. The van der Waals surface area contributed by atoms with Crippen LogP contribution < -0.4 is 0 Å². The Bertz CT molecular complexity index is 392. The molecule has 0 spiro atoms. The first-order valence-corrected chi connectivity index (χ1v) is 5.60. The Hall–Kier alpha value is -1.36. The van der Waals surface area contributed by atoms with Gasteiger partial charge in [-0.1, -0.05) is 13.0 Å². The second kappa shape index (κ2) is 4.93. The first-order chi connectivity index (χ1) is 7.10. The molecule has 0 bridgehead atoms. The van der Waals surface area contributed by atoms with E-state index >= 15 is 0 Å². The molecular weight excluding hydrogens is 214 g/mol. The lowest BCUT2D eigenvalue weighted by molar-refractivity contribution is -0.387. The van der Waals surface area contributed by atoms with Gasteiger partial charge in [-0.3, -0.25) is 10.1 Å². The van der Waals surface area contributed by atoms with Crippen LogP contribution in [0.3, 0.4) is 0 Å². The molecule has 1 aromatic carbocycles. The Labute approximate surface area is 91.8 Å². The van der Waals surface area contributed by atoms with Gasteiger partial charge in [0.2, 0.25) is 0 Å². The predicted molar refractivity (Wildman–Crippen MR) is 59.4 cm³/mol. The topological polar surface area (TPSA) is 60.2 Å². The number of nitro benzene ring substituents is 1. The summed E-state index contributed by atoms with van der Waals surface area (Å²) < 4.78 is 0. The first kappa shape index (κ1) is 11.7. The quantitative estimate of drug-likeness (QED) is 0.342. The highest BCUT2D eigenvalue weighted by atomic mass is 32.2. The van der Waals surface area contributed by atoms with Crippen molar-refractivity contribution in [3.05, 3.63) is 33.9 Å². The molecule has 1 atom stereocenters. The summed E-state index contributed by atoms with van der Waals surface area (Å²) in [5.41, 5.74) is 0.739. The molecule has 0 saturated heterocycles. The van der Waals surface area contributed by atoms with Crippen LogP contribution in [-0.4, -0.2) is 17.5 Å². The van der Waals surface area contributed by atoms with Gasteiger partial charge >= 0.3 is 0 Å². The molecule has 0 radical (unpaired) electrons. The second-order valence-corrected chi connectivity index (χ2v) is 3.96. The molecule has 1 rings (SSSR count). The van der Waals surface area contributed by atoms with Crippen molar-refractivity contribution in [3.8, 4) is 0 Å². The van der Waals surface area contributed by atoms with E-state index < -0.39 is 4.92 Å². The maximum atomic E-state index is 10.7. The zero-order valence-electron chi connectivity index (χ0n) is 8.47. The Morgan fingerprint density at radius 2 is 2.20 bits per heavy atom. The number of nitrogens with zero attached hydrogens (tertiary/aromatic N) is 1. The van der Waals surface area contributed by atoms with E-state index in [0.29, 0.717) is 10.5 Å². The zero-order chi connectivity index (χ0) is 11.4. The number of aldehydes is 1. The minimum atomic E-state index is -0.424. The van der Waals surface area contributed by atoms with Gasteiger partial charge < -0.3 is 4.79 Å². The molecule has 0 N–H and O–H groups in total. The third kappa shape index (κ3) is 2.56. The SMILES string of the molecule is CSc1ccc(C(C)C=O)cc1[N+](=O)[O-]. The summed E-state index contributed by atoms with van der Waals surface area (Å²) in [7, 11) is 0. The van der Waals surface area contributed by atoms with Crippen molar-refractivity contribution in [1.82, 2.24) is 0 Å². The van der Waals surface area contributed by atoms with Crippen molar-refractivity contribution >= 4 is 23.7 Å². The normalized spacial score (nSPS) is 12.1. The van der Waals surface area contributed by atoms with Crippen molar-refractivity contribution in [2.75, 3.05) is 6.26 Å². The van der Waals surface area contributed by atoms with Crippen LogP contribution in [0, 0.1) is 10.1 Å². The summed E-state index contributed by atoms with van der Waals surface area (Å²) in [5, 5.41) is 10.7. The largest absolute Gasteiger partial charge is 0.303 e. The molecule has 1 unspecified atom stereocenters. The van der Waals surface area contributed by atoms with Gasteiger partial charge in [-0.05, 0) is 17.9 Å². The summed E-state index contributed by atoms with van der Waals surface area (Å²) in [6.07, 6.45) is 2.56. The average molecular weight is 225 g/mol. The molecule has 5 heteroatoms. The van der Waals surface area contributed by atoms with Crippen molar-refractivity contribution in [3.63, 3.8) is 0 Å². The summed E-state index contributed by atoms with van der Waals surface area (Å²) in [6, 6.07) is 4.89.